The van der Waals surface area contributed by atoms with Gasteiger partial charge < -0.3 is 40.1 Å². The van der Waals surface area contributed by atoms with Crippen molar-refractivity contribution in [3.63, 3.8) is 0 Å². The topological polar surface area (TPSA) is 167 Å². The second-order valence-electron chi connectivity index (χ2n) is 14.7. The Morgan fingerprint density at radius 2 is 1.46 bits per heavy atom. The van der Waals surface area contributed by atoms with Gasteiger partial charge in [0.2, 0.25) is 5.91 Å². The van der Waals surface area contributed by atoms with Gasteiger partial charge >= 0.3 is 30.3 Å². The summed E-state index contributed by atoms with van der Waals surface area (Å²) in [5.74, 6) is -5.70. The lowest BCUT2D eigenvalue weighted by molar-refractivity contribution is -0.193. The van der Waals surface area contributed by atoms with Gasteiger partial charge in [0.05, 0.1) is 0 Å². The molecule has 0 spiro atoms. The molecule has 1 aromatic heterocycles. The Kier molecular flexibility index (Phi) is 15.8. The first-order chi connectivity index (χ1) is 28.5. The zero-order valence-electron chi connectivity index (χ0n) is 33.5. The lowest BCUT2D eigenvalue weighted by Gasteiger charge is -2.40. The normalized spacial score (nSPS) is 16.3. The van der Waals surface area contributed by atoms with E-state index in [-0.39, 0.29) is 29.6 Å². The number of benzene rings is 3. The maximum Gasteiger partial charge on any atom is 0.490 e. The molecule has 4 N–H and O–H groups in total. The van der Waals surface area contributed by atoms with Gasteiger partial charge in [-0.05, 0) is 93.0 Å². The molecule has 20 heteroatoms. The number of carbonyl (C=O) groups excluding carboxylic acids is 3. The van der Waals surface area contributed by atoms with Gasteiger partial charge in [0.1, 0.15) is 6.04 Å². The first-order valence-electron chi connectivity index (χ1n) is 18.8. The van der Waals surface area contributed by atoms with Gasteiger partial charge in [-0.2, -0.15) is 26.3 Å². The first kappa shape index (κ1) is 47.9. The van der Waals surface area contributed by atoms with Crippen molar-refractivity contribution in [2.45, 2.75) is 44.6 Å². The fourth-order valence-electron chi connectivity index (χ4n) is 7.08. The van der Waals surface area contributed by atoms with Crippen molar-refractivity contribution in [2.75, 3.05) is 63.2 Å². The third kappa shape index (κ3) is 12.8. The summed E-state index contributed by atoms with van der Waals surface area (Å²) in [6.45, 7) is 7.28. The van der Waals surface area contributed by atoms with Gasteiger partial charge in [0.25, 0.3) is 0 Å². The highest BCUT2D eigenvalue weighted by molar-refractivity contribution is 6.30. The van der Waals surface area contributed by atoms with E-state index in [2.05, 4.69) is 26.2 Å². The van der Waals surface area contributed by atoms with Crippen LogP contribution in [0.5, 0.6) is 0 Å². The zero-order chi connectivity index (χ0) is 45.4. The van der Waals surface area contributed by atoms with Crippen molar-refractivity contribution < 1.29 is 60.5 Å². The lowest BCUT2D eigenvalue weighted by atomic mass is 9.88. The van der Waals surface area contributed by atoms with Gasteiger partial charge in [-0.3, -0.25) is 9.59 Å². The van der Waals surface area contributed by atoms with Crippen molar-refractivity contribution in [3.05, 3.63) is 94.6 Å². The summed E-state index contributed by atoms with van der Waals surface area (Å²) >= 11 is 6.42. The number of hydrogen-bond donors (Lipinski definition) is 4. The molecule has 3 amide bonds. The lowest BCUT2D eigenvalue weighted by Crippen LogP contribution is -2.58. The second-order valence-corrected chi connectivity index (χ2v) is 15.2. The summed E-state index contributed by atoms with van der Waals surface area (Å²) < 4.78 is 63.5. The van der Waals surface area contributed by atoms with E-state index in [4.69, 9.17) is 31.4 Å². The molecule has 2 aliphatic rings. The number of piperazine rings is 1. The third-order valence-corrected chi connectivity index (χ3v) is 10.3. The molecule has 0 saturated carbocycles. The van der Waals surface area contributed by atoms with E-state index in [1.807, 2.05) is 92.8 Å². The molecule has 6 rings (SSSR count). The fourth-order valence-corrected chi connectivity index (χ4v) is 7.27. The number of hydrogen-bond acceptors (Lipinski definition) is 7. The first-order valence-corrected chi connectivity index (χ1v) is 19.2. The number of fused-ring (bicyclic) bond motifs is 2. The van der Waals surface area contributed by atoms with Crippen LogP contribution in [-0.2, 0) is 20.8 Å². The van der Waals surface area contributed by atoms with Crippen LogP contribution in [0.2, 0.25) is 5.02 Å². The summed E-state index contributed by atoms with van der Waals surface area (Å²) in [4.78, 5) is 69.6. The van der Waals surface area contributed by atoms with Crippen molar-refractivity contribution in [3.8, 4) is 0 Å². The van der Waals surface area contributed by atoms with Crippen molar-refractivity contribution in [2.24, 2.45) is 5.92 Å². The molecule has 13 nitrogen and oxygen atoms in total. The van der Waals surface area contributed by atoms with Gasteiger partial charge in [-0.1, -0.05) is 36.7 Å². The van der Waals surface area contributed by atoms with Crippen molar-refractivity contribution >= 4 is 63.5 Å². The number of anilines is 2. The number of H-pyrrole nitrogens is 1. The highest BCUT2D eigenvalue weighted by Crippen LogP contribution is 2.35. The third-order valence-electron chi connectivity index (χ3n) is 10.0. The molecule has 1 saturated heterocycles. The molecule has 61 heavy (non-hydrogen) atoms. The fraction of sp³-hybridized carbons (Fsp3) is 0.390. The molecule has 3 heterocycles. The van der Waals surface area contributed by atoms with Crippen LogP contribution in [0, 0.1) is 5.92 Å². The van der Waals surface area contributed by atoms with E-state index in [0.717, 1.165) is 46.4 Å². The summed E-state index contributed by atoms with van der Waals surface area (Å²) in [5, 5.41) is 19.1. The number of alkyl halides is 6. The molecule has 2 unspecified atom stereocenters. The Bertz CT molecular complexity index is 2170. The Balaban J connectivity index is 0.000000504. The number of aromatic amines is 1. The summed E-state index contributed by atoms with van der Waals surface area (Å²) in [6, 6.07) is 20.3. The van der Waals surface area contributed by atoms with E-state index in [9.17, 15) is 40.7 Å². The number of nitrogens with zero attached hydrogens (tertiary/aromatic N) is 4. The molecule has 2 aliphatic heterocycles. The van der Waals surface area contributed by atoms with Gasteiger partial charge in [0.15, 0.2) is 5.78 Å². The largest absolute Gasteiger partial charge is 0.490 e. The quantitative estimate of drug-likeness (QED) is 0.107. The number of carboxylic acid groups (broad SMARTS) is 2. The van der Waals surface area contributed by atoms with E-state index < -0.39 is 30.3 Å². The van der Waals surface area contributed by atoms with E-state index in [0.29, 0.717) is 43.3 Å². The highest BCUT2D eigenvalue weighted by Gasteiger charge is 2.40. The van der Waals surface area contributed by atoms with Gasteiger partial charge in [-0.15, -0.1) is 0 Å². The number of halogens is 7. The standard InChI is InChI=1S/C37H43ClN6O3.2C2HF3O2/c1-24(32-21-39-33-8-6-5-7-31(32)33)35(36(46)44-23-26(22-41(3)4)19-28-20-29(38)11-14-34(28)44)40-37(47)43-17-15-42(16-18-43)30-12-9-27(10-13-30)25(2)45;2*3-2(4,5)1(6)7/h5-14,20-21,24,26,35,39H,15-19,22-23H2,1-4H3,(H,40,47);2*(H,6,7)/t24?,26-,35?;;/m1../s1. The monoisotopic (exact) mass is 882 g/mol. The van der Waals surface area contributed by atoms with Crippen LogP contribution in [0.4, 0.5) is 42.5 Å². The summed E-state index contributed by atoms with van der Waals surface area (Å²) in [5.41, 5.74) is 5.57. The van der Waals surface area contributed by atoms with Gasteiger partial charge in [0, 0.05) is 84.2 Å². The smallest absolute Gasteiger partial charge is 0.475 e. The maximum absolute atomic E-state index is 14.8. The molecule has 0 radical (unpaired) electrons. The number of urea groups is 1. The average Bonchev–Trinajstić information content (AvgIpc) is 3.63. The second kappa shape index (κ2) is 20.2. The number of carboxylic acids is 2. The number of rotatable bonds is 8. The number of nitrogens with one attached hydrogen (secondary N) is 2. The van der Waals surface area contributed by atoms with Crippen LogP contribution >= 0.6 is 11.6 Å². The zero-order valence-corrected chi connectivity index (χ0v) is 34.2. The molecule has 3 aromatic carbocycles. The van der Waals surface area contributed by atoms with Crippen LogP contribution < -0.4 is 15.1 Å². The molecule has 3 atom stereocenters. The van der Waals surface area contributed by atoms with Crippen LogP contribution in [0.3, 0.4) is 0 Å². The van der Waals surface area contributed by atoms with Crippen LogP contribution in [-0.4, -0.2) is 126 Å². The Morgan fingerprint density at radius 3 is 2.00 bits per heavy atom. The summed E-state index contributed by atoms with van der Waals surface area (Å²) in [6.07, 6.45) is -7.38. The van der Waals surface area contributed by atoms with E-state index in [1.165, 1.54) is 0 Å². The predicted molar refractivity (Wildman–Crippen MR) is 216 cm³/mol. The van der Waals surface area contributed by atoms with Crippen LogP contribution in [0.1, 0.15) is 41.3 Å². The van der Waals surface area contributed by atoms with Crippen LogP contribution in [0.15, 0.2) is 72.9 Å². The Labute approximate surface area is 351 Å². The minimum atomic E-state index is -5.08. The van der Waals surface area contributed by atoms with E-state index in [1.54, 1.807) is 11.8 Å². The average molecular weight is 883 g/mol. The Morgan fingerprint density at radius 1 is 0.885 bits per heavy atom. The predicted octanol–water partition coefficient (Wildman–Crippen LogP) is 7.06. The number of carbonyl (C=O) groups is 5. The maximum atomic E-state index is 14.8. The SMILES string of the molecule is CC(=O)c1ccc(N2CCN(C(=O)NC(C(=O)N3C[C@@H](CN(C)C)Cc4cc(Cl)ccc43)C(C)c3c[nH]c4ccccc34)CC2)cc1.O=C(O)C(F)(F)F.O=C(O)C(F)(F)F. The molecule has 0 aliphatic carbocycles. The van der Waals surface area contributed by atoms with Gasteiger partial charge in [-0.25, -0.2) is 14.4 Å². The number of aromatic nitrogens is 1. The minimum absolute atomic E-state index is 0.0362. The number of aliphatic carboxylic acids is 2. The number of amides is 3. The molecule has 1 fully saturated rings. The molecular weight excluding hydrogens is 838 g/mol. The molecule has 4 aromatic rings. The van der Waals surface area contributed by atoms with E-state index >= 15 is 0 Å². The minimum Gasteiger partial charge on any atom is -0.475 e. The molecule has 330 valence electrons. The number of Topliss-reactive ketones (excluding diaryl/α,β-unsaturated/α-hetero) is 1. The van der Waals surface area contributed by atoms with Crippen molar-refractivity contribution in [1.82, 2.24) is 20.1 Å². The molecule has 0 bridgehead atoms. The number of ketones is 1. The van der Waals surface area contributed by atoms with Crippen LogP contribution in [0.25, 0.3) is 10.9 Å². The highest BCUT2D eigenvalue weighted by atomic mass is 35.5. The Hall–Kier alpha value is -5.82. The molecular formula is C41H45ClF6N6O7. The number of para-hydroxylation sites is 1. The van der Waals surface area contributed by atoms with Crippen molar-refractivity contribution in [1.29, 1.82) is 0 Å². The summed E-state index contributed by atoms with van der Waals surface area (Å²) in [7, 11) is 4.09.